The van der Waals surface area contributed by atoms with Crippen molar-refractivity contribution in [2.24, 2.45) is 0 Å². The highest BCUT2D eigenvalue weighted by atomic mass is 35.5. The van der Waals surface area contributed by atoms with Crippen molar-refractivity contribution in [1.29, 1.82) is 0 Å². The Morgan fingerprint density at radius 2 is 2.00 bits per heavy atom. The van der Waals surface area contributed by atoms with Crippen LogP contribution in [0.2, 0.25) is 10.0 Å². The van der Waals surface area contributed by atoms with Crippen LogP contribution in [0.15, 0.2) is 18.2 Å². The van der Waals surface area contributed by atoms with E-state index in [4.69, 9.17) is 27.9 Å². The number of nitrogens with one attached hydrogen (secondary N) is 1. The lowest BCUT2D eigenvalue weighted by molar-refractivity contribution is 0.0906. The third-order valence-electron chi connectivity index (χ3n) is 1.98. The highest BCUT2D eigenvalue weighted by molar-refractivity contribution is 6.39. The van der Waals surface area contributed by atoms with Crippen LogP contribution in [0.4, 0.5) is 0 Å². The van der Waals surface area contributed by atoms with Gasteiger partial charge in [-0.15, -0.1) is 0 Å². The second kappa shape index (κ2) is 6.09. The summed E-state index contributed by atoms with van der Waals surface area (Å²) >= 11 is 11.8. The lowest BCUT2D eigenvalue weighted by atomic mass is 10.2. The first kappa shape index (κ1) is 13.3. The van der Waals surface area contributed by atoms with E-state index in [0.29, 0.717) is 22.2 Å². The number of methoxy groups -OCH3 is 1. The molecule has 0 aliphatic rings. The maximum Gasteiger partial charge on any atom is 0.254 e. The van der Waals surface area contributed by atoms with Crippen LogP contribution in [-0.2, 0) is 4.74 Å². The predicted octanol–water partition coefficient (Wildman–Crippen LogP) is 2.76. The van der Waals surface area contributed by atoms with Crippen molar-refractivity contribution < 1.29 is 9.53 Å². The van der Waals surface area contributed by atoms with Crippen molar-refractivity contribution in [3.05, 3.63) is 33.8 Å². The number of ether oxygens (including phenoxy) is 1. The summed E-state index contributed by atoms with van der Waals surface area (Å²) in [6.07, 6.45) is 0. The molecule has 0 bridgehead atoms. The molecule has 1 amide bonds. The maximum absolute atomic E-state index is 11.8. The van der Waals surface area contributed by atoms with Gasteiger partial charge < -0.3 is 10.1 Å². The molecule has 0 unspecified atom stereocenters. The highest BCUT2D eigenvalue weighted by Crippen LogP contribution is 2.23. The van der Waals surface area contributed by atoms with Crippen LogP contribution in [0, 0.1) is 0 Å². The predicted molar refractivity (Wildman–Crippen MR) is 65.3 cm³/mol. The average Bonchev–Trinajstić information content (AvgIpc) is 2.17. The second-order valence-electron chi connectivity index (χ2n) is 3.43. The van der Waals surface area contributed by atoms with Gasteiger partial charge in [-0.2, -0.15) is 0 Å². The van der Waals surface area contributed by atoms with Gasteiger partial charge in [0.2, 0.25) is 0 Å². The third kappa shape index (κ3) is 3.37. The molecular weight excluding hydrogens is 249 g/mol. The fraction of sp³-hybridized carbons (Fsp3) is 0.364. The number of hydrogen-bond acceptors (Lipinski definition) is 2. The molecular formula is C11H13Cl2NO2. The molecule has 0 aliphatic heterocycles. The van der Waals surface area contributed by atoms with Gasteiger partial charge in [0, 0.05) is 13.2 Å². The fourth-order valence-corrected chi connectivity index (χ4v) is 1.87. The van der Waals surface area contributed by atoms with E-state index in [1.54, 1.807) is 25.3 Å². The molecule has 0 aliphatic carbocycles. The molecule has 1 aromatic carbocycles. The number of rotatable bonds is 4. The highest BCUT2D eigenvalue weighted by Gasteiger charge is 2.16. The smallest absolute Gasteiger partial charge is 0.254 e. The van der Waals surface area contributed by atoms with Crippen LogP contribution >= 0.6 is 23.2 Å². The Bertz CT molecular complexity index is 362. The summed E-state index contributed by atoms with van der Waals surface area (Å²) in [6, 6.07) is 4.86. The Kier molecular flexibility index (Phi) is 5.06. The normalized spacial score (nSPS) is 12.2. The SMILES string of the molecule is COC[C@H](C)NC(=O)c1c(Cl)cccc1Cl. The Balaban J connectivity index is 2.80. The van der Waals surface area contributed by atoms with Gasteiger partial charge in [0.25, 0.3) is 5.91 Å². The van der Waals surface area contributed by atoms with Gasteiger partial charge in [-0.1, -0.05) is 29.3 Å². The molecule has 0 radical (unpaired) electrons. The summed E-state index contributed by atoms with van der Waals surface area (Å²) in [5.41, 5.74) is 0.300. The molecule has 16 heavy (non-hydrogen) atoms. The van der Waals surface area contributed by atoms with Gasteiger partial charge in [-0.05, 0) is 19.1 Å². The molecule has 1 rings (SSSR count). The number of amides is 1. The zero-order valence-corrected chi connectivity index (χ0v) is 10.6. The minimum absolute atomic E-state index is 0.0927. The number of benzene rings is 1. The van der Waals surface area contributed by atoms with Crippen LogP contribution in [0.5, 0.6) is 0 Å². The third-order valence-corrected chi connectivity index (χ3v) is 2.61. The number of halogens is 2. The van der Waals surface area contributed by atoms with E-state index in [9.17, 15) is 4.79 Å². The summed E-state index contributed by atoms with van der Waals surface area (Å²) in [5, 5.41) is 3.43. The molecule has 1 atom stereocenters. The van der Waals surface area contributed by atoms with E-state index in [2.05, 4.69) is 5.32 Å². The molecule has 0 fully saturated rings. The second-order valence-corrected chi connectivity index (χ2v) is 4.24. The molecule has 1 aromatic rings. The number of carbonyl (C=O) groups is 1. The van der Waals surface area contributed by atoms with Crippen LogP contribution in [-0.4, -0.2) is 25.7 Å². The number of hydrogen-bond donors (Lipinski definition) is 1. The lowest BCUT2D eigenvalue weighted by Gasteiger charge is -2.14. The van der Waals surface area contributed by atoms with E-state index in [-0.39, 0.29) is 11.9 Å². The summed E-state index contributed by atoms with van der Waals surface area (Å²) < 4.78 is 4.92. The molecule has 3 nitrogen and oxygen atoms in total. The molecule has 0 aromatic heterocycles. The molecule has 5 heteroatoms. The van der Waals surface area contributed by atoms with Crippen LogP contribution < -0.4 is 5.32 Å². The zero-order chi connectivity index (χ0) is 12.1. The Morgan fingerprint density at radius 1 is 1.44 bits per heavy atom. The van der Waals surface area contributed by atoms with Gasteiger partial charge in [0.15, 0.2) is 0 Å². The fourth-order valence-electron chi connectivity index (χ4n) is 1.30. The Labute approximate surface area is 105 Å². The van der Waals surface area contributed by atoms with Gasteiger partial charge in [0.05, 0.1) is 22.2 Å². The first-order valence-corrected chi connectivity index (χ1v) is 5.55. The van der Waals surface area contributed by atoms with Crippen molar-refractivity contribution in [2.75, 3.05) is 13.7 Å². The Hall–Kier alpha value is -0.770. The van der Waals surface area contributed by atoms with E-state index < -0.39 is 0 Å². The summed E-state index contributed by atoms with van der Waals surface area (Å²) in [6.45, 7) is 2.28. The topological polar surface area (TPSA) is 38.3 Å². The maximum atomic E-state index is 11.8. The van der Waals surface area contributed by atoms with Gasteiger partial charge in [0.1, 0.15) is 0 Å². The minimum Gasteiger partial charge on any atom is -0.383 e. The summed E-state index contributed by atoms with van der Waals surface area (Å²) in [5.74, 6) is -0.292. The zero-order valence-electron chi connectivity index (χ0n) is 9.09. The van der Waals surface area contributed by atoms with E-state index in [0.717, 1.165) is 0 Å². The van der Waals surface area contributed by atoms with Crippen molar-refractivity contribution in [1.82, 2.24) is 5.32 Å². The Morgan fingerprint density at radius 3 is 2.50 bits per heavy atom. The number of carbonyl (C=O) groups excluding carboxylic acids is 1. The van der Waals surface area contributed by atoms with Crippen LogP contribution in [0.3, 0.4) is 0 Å². The standard InChI is InChI=1S/C11H13Cl2NO2/c1-7(6-16-2)14-11(15)10-8(12)4-3-5-9(10)13/h3-5,7H,6H2,1-2H3,(H,14,15)/t7-/m0/s1. The summed E-state index contributed by atoms with van der Waals surface area (Å²) in [7, 11) is 1.57. The molecule has 0 spiro atoms. The summed E-state index contributed by atoms with van der Waals surface area (Å²) in [4.78, 5) is 11.8. The van der Waals surface area contributed by atoms with Gasteiger partial charge in [-0.3, -0.25) is 4.79 Å². The molecule has 88 valence electrons. The minimum atomic E-state index is -0.292. The quantitative estimate of drug-likeness (QED) is 0.906. The van der Waals surface area contributed by atoms with Gasteiger partial charge in [-0.25, -0.2) is 0 Å². The van der Waals surface area contributed by atoms with Crippen molar-refractivity contribution in [3.63, 3.8) is 0 Å². The first-order valence-electron chi connectivity index (χ1n) is 4.80. The monoisotopic (exact) mass is 261 g/mol. The lowest BCUT2D eigenvalue weighted by Crippen LogP contribution is -2.35. The first-order chi connectivity index (χ1) is 7.56. The van der Waals surface area contributed by atoms with E-state index >= 15 is 0 Å². The van der Waals surface area contributed by atoms with E-state index in [1.807, 2.05) is 6.92 Å². The van der Waals surface area contributed by atoms with Crippen molar-refractivity contribution in [3.8, 4) is 0 Å². The molecule has 0 saturated heterocycles. The van der Waals surface area contributed by atoms with Crippen molar-refractivity contribution >= 4 is 29.1 Å². The van der Waals surface area contributed by atoms with Crippen LogP contribution in [0.1, 0.15) is 17.3 Å². The molecule has 1 N–H and O–H groups in total. The van der Waals surface area contributed by atoms with Crippen LogP contribution in [0.25, 0.3) is 0 Å². The van der Waals surface area contributed by atoms with Crippen molar-refractivity contribution in [2.45, 2.75) is 13.0 Å². The largest absolute Gasteiger partial charge is 0.383 e. The molecule has 0 saturated carbocycles. The van der Waals surface area contributed by atoms with Gasteiger partial charge >= 0.3 is 0 Å². The molecule has 0 heterocycles. The average molecular weight is 262 g/mol. The van der Waals surface area contributed by atoms with E-state index in [1.165, 1.54) is 0 Å².